The summed E-state index contributed by atoms with van der Waals surface area (Å²) in [4.78, 5) is 24.0. The first-order chi connectivity index (χ1) is 24.8. The Labute approximate surface area is 313 Å². The predicted octanol–water partition coefficient (Wildman–Crippen LogP) is 11.0. The Morgan fingerprint density at radius 3 is 1.53 bits per heavy atom. The first-order valence-corrected chi connectivity index (χ1v) is 21.1. The van der Waals surface area contributed by atoms with Crippen LogP contribution in [0.3, 0.4) is 0 Å². The number of ether oxygens (including phenoxy) is 2. The highest BCUT2D eigenvalue weighted by Gasteiger charge is 2.16. The fourth-order valence-electron chi connectivity index (χ4n) is 5.87. The van der Waals surface area contributed by atoms with Gasteiger partial charge in [-0.3, -0.25) is 9.59 Å². The second kappa shape index (κ2) is 37.8. The lowest BCUT2D eigenvalue weighted by molar-refractivity contribution is -0.152. The number of esters is 2. The van der Waals surface area contributed by atoms with Gasteiger partial charge in [0, 0.05) is 12.8 Å². The first-order valence-electron chi connectivity index (χ1n) is 21.1. The molecule has 0 radical (unpaired) electrons. The molecule has 0 aromatic carbocycles. The molecule has 0 amide bonds. The zero-order valence-electron chi connectivity index (χ0n) is 33.3. The van der Waals surface area contributed by atoms with E-state index in [0.29, 0.717) is 19.3 Å². The summed E-state index contributed by atoms with van der Waals surface area (Å²) in [7, 11) is 0. The molecule has 3 N–H and O–H groups in total. The molecule has 0 saturated heterocycles. The van der Waals surface area contributed by atoms with Crippen LogP contribution in [0.1, 0.15) is 194 Å². The fourth-order valence-corrected chi connectivity index (χ4v) is 5.87. The van der Waals surface area contributed by atoms with Crippen molar-refractivity contribution in [3.05, 3.63) is 36.5 Å². The van der Waals surface area contributed by atoms with E-state index < -0.39 is 24.3 Å². The molecule has 0 saturated carbocycles. The summed E-state index contributed by atoms with van der Waals surface area (Å²) in [6.07, 6.45) is 38.0. The molecule has 0 aromatic rings. The monoisotopic (exact) mass is 721 g/mol. The number of hydrogen-bond donors (Lipinski definition) is 3. The Bertz CT molecular complexity index is 868. The zero-order valence-corrected chi connectivity index (χ0v) is 33.3. The van der Waals surface area contributed by atoms with Gasteiger partial charge >= 0.3 is 11.9 Å². The third-order valence-electron chi connectivity index (χ3n) is 9.62. The molecule has 0 fully saturated rings. The smallest absolute Gasteiger partial charge is 0.305 e. The van der Waals surface area contributed by atoms with Crippen LogP contribution in [0.25, 0.3) is 0 Å². The number of carbonyl (C=O) groups is 2. The molecule has 3 unspecified atom stereocenters. The Balaban J connectivity index is 3.64. The SMILES string of the molecule is CCCCC/C=C\C/C=C\C/C=C\CC(O)C(O)CCCC(=O)OC[C@@H](O)COC(=O)CCCCCCCCCCCCCCCCC(C)CC. The van der Waals surface area contributed by atoms with E-state index in [-0.39, 0.29) is 32.0 Å². The molecule has 0 spiro atoms. The van der Waals surface area contributed by atoms with Crippen molar-refractivity contribution in [3.63, 3.8) is 0 Å². The molecule has 0 bridgehead atoms. The number of hydrogen-bond acceptors (Lipinski definition) is 7. The Morgan fingerprint density at radius 2 is 1.00 bits per heavy atom. The van der Waals surface area contributed by atoms with Crippen molar-refractivity contribution in [1.29, 1.82) is 0 Å². The molecule has 0 aromatic heterocycles. The van der Waals surface area contributed by atoms with Crippen LogP contribution in [0.15, 0.2) is 36.5 Å². The van der Waals surface area contributed by atoms with Gasteiger partial charge in [-0.1, -0.05) is 166 Å². The zero-order chi connectivity index (χ0) is 37.6. The highest BCUT2D eigenvalue weighted by atomic mass is 16.6. The number of allylic oxidation sites excluding steroid dienone is 5. The van der Waals surface area contributed by atoms with Gasteiger partial charge in [0.25, 0.3) is 0 Å². The van der Waals surface area contributed by atoms with Crippen LogP contribution in [0.2, 0.25) is 0 Å². The van der Waals surface area contributed by atoms with Crippen LogP contribution >= 0.6 is 0 Å². The van der Waals surface area contributed by atoms with E-state index in [1.54, 1.807) is 0 Å². The fraction of sp³-hybridized carbons (Fsp3) is 0.818. The van der Waals surface area contributed by atoms with Crippen LogP contribution in [0, 0.1) is 5.92 Å². The maximum Gasteiger partial charge on any atom is 0.305 e. The van der Waals surface area contributed by atoms with Gasteiger partial charge in [0.15, 0.2) is 0 Å². The van der Waals surface area contributed by atoms with Crippen molar-refractivity contribution in [1.82, 2.24) is 0 Å². The largest absolute Gasteiger partial charge is 0.463 e. The number of aliphatic hydroxyl groups is 3. The Hall–Kier alpha value is -1.96. The van der Waals surface area contributed by atoms with Gasteiger partial charge in [-0.05, 0) is 57.3 Å². The predicted molar refractivity (Wildman–Crippen MR) is 213 cm³/mol. The van der Waals surface area contributed by atoms with Gasteiger partial charge in [-0.2, -0.15) is 0 Å². The Morgan fingerprint density at radius 1 is 0.529 bits per heavy atom. The second-order valence-corrected chi connectivity index (χ2v) is 14.7. The quantitative estimate of drug-likeness (QED) is 0.0332. The number of aliphatic hydroxyl groups excluding tert-OH is 3. The molecule has 7 nitrogen and oxygen atoms in total. The summed E-state index contributed by atoms with van der Waals surface area (Å²) in [5.74, 6) is 0.0552. The van der Waals surface area contributed by atoms with Gasteiger partial charge in [0.1, 0.15) is 19.3 Å². The summed E-state index contributed by atoms with van der Waals surface area (Å²) in [5, 5.41) is 30.4. The van der Waals surface area contributed by atoms with Gasteiger partial charge in [-0.15, -0.1) is 0 Å². The normalized spacial score (nSPS) is 14.4. The minimum atomic E-state index is -1.07. The van der Waals surface area contributed by atoms with E-state index in [1.807, 2.05) is 12.2 Å². The third kappa shape index (κ3) is 36.2. The number of rotatable bonds is 37. The summed E-state index contributed by atoms with van der Waals surface area (Å²) < 4.78 is 10.2. The van der Waals surface area contributed by atoms with Gasteiger partial charge in [0.05, 0.1) is 12.2 Å². The van der Waals surface area contributed by atoms with Crippen LogP contribution in [0.5, 0.6) is 0 Å². The van der Waals surface area contributed by atoms with E-state index in [1.165, 1.54) is 103 Å². The van der Waals surface area contributed by atoms with Crippen molar-refractivity contribution in [2.75, 3.05) is 13.2 Å². The van der Waals surface area contributed by atoms with Gasteiger partial charge < -0.3 is 24.8 Å². The minimum Gasteiger partial charge on any atom is -0.463 e. The van der Waals surface area contributed by atoms with Crippen molar-refractivity contribution >= 4 is 11.9 Å². The van der Waals surface area contributed by atoms with Crippen molar-refractivity contribution in [2.45, 2.75) is 212 Å². The average Bonchev–Trinajstić information content (AvgIpc) is 3.12. The van der Waals surface area contributed by atoms with Gasteiger partial charge in [-0.25, -0.2) is 0 Å². The molecule has 0 aliphatic heterocycles. The van der Waals surface area contributed by atoms with E-state index in [9.17, 15) is 24.9 Å². The molecule has 0 aliphatic carbocycles. The van der Waals surface area contributed by atoms with Crippen molar-refractivity contribution in [3.8, 4) is 0 Å². The molecule has 0 rings (SSSR count). The summed E-state index contributed by atoms with van der Waals surface area (Å²) in [5.41, 5.74) is 0. The van der Waals surface area contributed by atoms with Crippen LogP contribution in [-0.2, 0) is 19.1 Å². The Kier molecular flexibility index (Phi) is 36.3. The van der Waals surface area contributed by atoms with E-state index >= 15 is 0 Å². The standard InChI is InChI=1S/C44H80O7/c1-4-6-7-8-9-10-11-17-20-23-26-29-33-41(46)42(47)34-31-36-44(49)51-38-40(45)37-50-43(48)35-30-27-24-21-18-15-13-12-14-16-19-22-25-28-32-39(3)5-2/h9-10,17,20,26,29,39-42,45-47H,4-8,11-16,18-19,21-25,27-28,30-38H2,1-3H3/b10-9-,20-17-,29-26-/t39?,40-,41?,42?/m0/s1. The molecule has 7 heteroatoms. The third-order valence-corrected chi connectivity index (χ3v) is 9.62. The lowest BCUT2D eigenvalue weighted by Crippen LogP contribution is -2.26. The summed E-state index contributed by atoms with van der Waals surface area (Å²) in [6, 6.07) is 0. The highest BCUT2D eigenvalue weighted by Crippen LogP contribution is 2.16. The van der Waals surface area contributed by atoms with Crippen LogP contribution in [-0.4, -0.2) is 58.8 Å². The lowest BCUT2D eigenvalue weighted by Gasteiger charge is -2.16. The topological polar surface area (TPSA) is 113 Å². The molecule has 4 atom stereocenters. The van der Waals surface area contributed by atoms with E-state index in [0.717, 1.165) is 44.4 Å². The second-order valence-electron chi connectivity index (χ2n) is 14.7. The maximum atomic E-state index is 12.0. The molecule has 298 valence electrons. The van der Waals surface area contributed by atoms with Crippen molar-refractivity contribution < 1.29 is 34.4 Å². The van der Waals surface area contributed by atoms with Gasteiger partial charge in [0.2, 0.25) is 0 Å². The van der Waals surface area contributed by atoms with Crippen molar-refractivity contribution in [2.24, 2.45) is 5.92 Å². The molecular formula is C44H80O7. The average molecular weight is 721 g/mol. The molecule has 0 aliphatic rings. The summed E-state index contributed by atoms with van der Waals surface area (Å²) >= 11 is 0. The highest BCUT2D eigenvalue weighted by molar-refractivity contribution is 5.69. The van der Waals surface area contributed by atoms with E-state index in [4.69, 9.17) is 9.47 Å². The summed E-state index contributed by atoms with van der Waals surface area (Å²) in [6.45, 7) is 6.41. The first kappa shape index (κ1) is 49.0. The molecule has 0 heterocycles. The van der Waals surface area contributed by atoms with Crippen LogP contribution in [0.4, 0.5) is 0 Å². The molecular weight excluding hydrogens is 640 g/mol. The minimum absolute atomic E-state index is 0.0722. The maximum absolute atomic E-state index is 12.0. The number of unbranched alkanes of at least 4 members (excludes halogenated alkanes) is 16. The number of carbonyl (C=O) groups excluding carboxylic acids is 2. The molecule has 51 heavy (non-hydrogen) atoms. The lowest BCUT2D eigenvalue weighted by atomic mass is 9.99. The van der Waals surface area contributed by atoms with Crippen LogP contribution < -0.4 is 0 Å². The van der Waals surface area contributed by atoms with E-state index in [2.05, 4.69) is 45.1 Å².